The maximum absolute atomic E-state index is 9.38. The fraction of sp³-hybridized carbons (Fsp3) is 0.857. The molecule has 68 valence electrons. The average Bonchev–Trinajstić information content (AvgIpc) is 1.90. The predicted octanol–water partition coefficient (Wildman–Crippen LogP) is 1.45. The van der Waals surface area contributed by atoms with Crippen molar-refractivity contribution in [2.45, 2.75) is 26.7 Å². The Labute approximate surface area is 67.3 Å². The summed E-state index contributed by atoms with van der Waals surface area (Å²) >= 11 is 0. The van der Waals surface area contributed by atoms with Crippen LogP contribution in [0.4, 0.5) is 4.79 Å². The van der Waals surface area contributed by atoms with Gasteiger partial charge in [-0.15, -0.1) is 0 Å². The summed E-state index contributed by atoms with van der Waals surface area (Å²) < 4.78 is 3.96. The highest BCUT2D eigenvalue weighted by atomic mass is 16.7. The van der Waals surface area contributed by atoms with Gasteiger partial charge in [-0.05, 0) is 19.9 Å². The Morgan fingerprint density at radius 1 is 1.55 bits per heavy atom. The fourth-order valence-corrected chi connectivity index (χ4v) is 0.328. The van der Waals surface area contributed by atoms with Crippen LogP contribution < -0.4 is 5.73 Å². The lowest BCUT2D eigenvalue weighted by Crippen LogP contribution is -1.97. The Bertz CT molecular complexity index is 83.8. The number of carbonyl (C=O) groups is 1. The second kappa shape index (κ2) is 12.0. The molecule has 0 rings (SSSR count). The largest absolute Gasteiger partial charge is 0.505 e. The molecule has 0 fully saturated rings. The number of nitrogens with two attached hydrogens (primary N) is 1. The zero-order valence-corrected chi connectivity index (χ0v) is 7.17. The number of ether oxygens (including phenoxy) is 1. The van der Waals surface area contributed by atoms with Crippen LogP contribution in [0.2, 0.25) is 0 Å². The smallest absolute Gasteiger partial charge is 0.450 e. The van der Waals surface area contributed by atoms with Crippen LogP contribution in [-0.2, 0) is 4.74 Å². The van der Waals surface area contributed by atoms with Crippen molar-refractivity contribution in [1.29, 1.82) is 0 Å². The minimum atomic E-state index is -1.21. The number of hydrogen-bond acceptors (Lipinski definition) is 3. The van der Waals surface area contributed by atoms with E-state index in [4.69, 9.17) is 10.8 Å². The average molecular weight is 163 g/mol. The van der Waals surface area contributed by atoms with Gasteiger partial charge in [-0.2, -0.15) is 0 Å². The molecular weight excluding hydrogens is 146 g/mol. The first-order chi connectivity index (χ1) is 5.18. The zero-order chi connectivity index (χ0) is 9.11. The van der Waals surface area contributed by atoms with Gasteiger partial charge in [0.05, 0.1) is 6.61 Å². The van der Waals surface area contributed by atoms with E-state index in [1.165, 1.54) is 12.8 Å². The lowest BCUT2D eigenvalue weighted by molar-refractivity contribution is 0.0966. The molecule has 4 heteroatoms. The third-order valence-electron chi connectivity index (χ3n) is 0.825. The highest BCUT2D eigenvalue weighted by molar-refractivity contribution is 5.56. The van der Waals surface area contributed by atoms with Gasteiger partial charge in [0.2, 0.25) is 0 Å². The van der Waals surface area contributed by atoms with Gasteiger partial charge in [0.25, 0.3) is 0 Å². The van der Waals surface area contributed by atoms with Crippen molar-refractivity contribution in [3.05, 3.63) is 0 Å². The molecule has 0 saturated heterocycles. The van der Waals surface area contributed by atoms with Crippen LogP contribution in [-0.4, -0.2) is 24.4 Å². The monoisotopic (exact) mass is 163 g/mol. The molecule has 0 spiro atoms. The summed E-state index contributed by atoms with van der Waals surface area (Å²) in [6.45, 7) is 4.83. The Balaban J connectivity index is 0. The highest BCUT2D eigenvalue weighted by Gasteiger charge is 1.86. The normalized spacial score (nSPS) is 7.91. The number of carboxylic acid groups (broad SMARTS) is 1. The van der Waals surface area contributed by atoms with Gasteiger partial charge < -0.3 is 15.6 Å². The summed E-state index contributed by atoms with van der Waals surface area (Å²) in [7, 11) is 0. The highest BCUT2D eigenvalue weighted by Crippen LogP contribution is 1.77. The van der Waals surface area contributed by atoms with Gasteiger partial charge in [-0.3, -0.25) is 0 Å². The van der Waals surface area contributed by atoms with Crippen molar-refractivity contribution in [3.8, 4) is 0 Å². The molecular formula is C7H17NO3. The van der Waals surface area contributed by atoms with Crippen LogP contribution >= 0.6 is 0 Å². The first kappa shape index (κ1) is 12.9. The molecule has 0 aliphatic rings. The molecule has 0 aromatic rings. The van der Waals surface area contributed by atoms with Crippen molar-refractivity contribution in [1.82, 2.24) is 0 Å². The number of hydrogen-bond donors (Lipinski definition) is 2. The number of rotatable bonds is 3. The third kappa shape index (κ3) is 27.0. The van der Waals surface area contributed by atoms with Gasteiger partial charge in [0.1, 0.15) is 0 Å². The Morgan fingerprint density at radius 3 is 2.09 bits per heavy atom. The first-order valence-corrected chi connectivity index (χ1v) is 3.74. The Morgan fingerprint density at radius 2 is 2.09 bits per heavy atom. The molecule has 0 aromatic carbocycles. The fourth-order valence-electron chi connectivity index (χ4n) is 0.328. The van der Waals surface area contributed by atoms with Crippen molar-refractivity contribution in [3.63, 3.8) is 0 Å². The third-order valence-corrected chi connectivity index (χ3v) is 0.825. The topological polar surface area (TPSA) is 72.5 Å². The molecule has 0 unspecified atom stereocenters. The molecule has 0 aliphatic carbocycles. The second-order valence-electron chi connectivity index (χ2n) is 1.84. The molecule has 4 nitrogen and oxygen atoms in total. The summed E-state index contributed by atoms with van der Waals surface area (Å²) in [5.74, 6) is 0. The van der Waals surface area contributed by atoms with E-state index >= 15 is 0 Å². The lowest BCUT2D eigenvalue weighted by Gasteiger charge is -1.87. The van der Waals surface area contributed by atoms with Crippen LogP contribution in [0.1, 0.15) is 26.7 Å². The quantitative estimate of drug-likeness (QED) is 0.617. The number of unbranched alkanes of at least 4 members (excludes halogenated alkanes) is 1. The van der Waals surface area contributed by atoms with E-state index in [0.717, 1.165) is 6.54 Å². The second-order valence-corrected chi connectivity index (χ2v) is 1.84. The molecule has 3 N–H and O–H groups in total. The van der Waals surface area contributed by atoms with Crippen molar-refractivity contribution in [2.75, 3.05) is 13.2 Å². The van der Waals surface area contributed by atoms with Crippen molar-refractivity contribution >= 4 is 6.16 Å². The molecule has 0 atom stereocenters. The minimum absolute atomic E-state index is 0.231. The molecule has 0 aliphatic heterocycles. The first-order valence-electron chi connectivity index (χ1n) is 3.74. The standard InChI is InChI=1S/C4H11N.C3H6O3/c1-2-3-4-5;1-2-6-3(4)5/h2-5H2,1H3;2H2,1H3,(H,4,5). The van der Waals surface area contributed by atoms with E-state index in [2.05, 4.69) is 11.7 Å². The molecule has 0 amide bonds. The molecule has 0 heterocycles. The van der Waals surface area contributed by atoms with Crippen LogP contribution in [0.3, 0.4) is 0 Å². The van der Waals surface area contributed by atoms with E-state index < -0.39 is 6.16 Å². The van der Waals surface area contributed by atoms with Gasteiger partial charge in [0.15, 0.2) is 0 Å². The lowest BCUT2D eigenvalue weighted by atomic mass is 10.3. The molecule has 0 bridgehead atoms. The van der Waals surface area contributed by atoms with Crippen LogP contribution in [0, 0.1) is 0 Å². The maximum atomic E-state index is 9.38. The Kier molecular flexibility index (Phi) is 14.0. The summed E-state index contributed by atoms with van der Waals surface area (Å²) in [5, 5.41) is 7.69. The van der Waals surface area contributed by atoms with Gasteiger partial charge in [0, 0.05) is 0 Å². The van der Waals surface area contributed by atoms with Gasteiger partial charge in [-0.1, -0.05) is 13.3 Å². The van der Waals surface area contributed by atoms with Crippen LogP contribution in [0.5, 0.6) is 0 Å². The zero-order valence-electron chi connectivity index (χ0n) is 7.17. The Hall–Kier alpha value is -0.770. The van der Waals surface area contributed by atoms with Gasteiger partial charge >= 0.3 is 6.16 Å². The van der Waals surface area contributed by atoms with Crippen molar-refractivity contribution in [2.24, 2.45) is 5.73 Å². The van der Waals surface area contributed by atoms with E-state index in [1.54, 1.807) is 6.92 Å². The minimum Gasteiger partial charge on any atom is -0.450 e. The summed E-state index contributed by atoms with van der Waals surface area (Å²) in [4.78, 5) is 9.38. The van der Waals surface area contributed by atoms with Crippen molar-refractivity contribution < 1.29 is 14.6 Å². The molecule has 0 saturated carbocycles. The molecule has 0 radical (unpaired) electrons. The predicted molar refractivity (Wildman–Crippen MR) is 43.6 cm³/mol. The molecule has 0 aromatic heterocycles. The van der Waals surface area contributed by atoms with Crippen LogP contribution in [0.15, 0.2) is 0 Å². The van der Waals surface area contributed by atoms with E-state index in [0.29, 0.717) is 0 Å². The summed E-state index contributed by atoms with van der Waals surface area (Å²) in [5.41, 5.74) is 5.14. The van der Waals surface area contributed by atoms with Gasteiger partial charge in [-0.25, -0.2) is 4.79 Å². The van der Waals surface area contributed by atoms with E-state index in [9.17, 15) is 4.79 Å². The van der Waals surface area contributed by atoms with Crippen LogP contribution in [0.25, 0.3) is 0 Å². The van der Waals surface area contributed by atoms with E-state index in [1.807, 2.05) is 0 Å². The maximum Gasteiger partial charge on any atom is 0.505 e. The summed E-state index contributed by atoms with van der Waals surface area (Å²) in [6, 6.07) is 0. The molecule has 11 heavy (non-hydrogen) atoms. The summed E-state index contributed by atoms with van der Waals surface area (Å²) in [6.07, 6.45) is 1.17. The SMILES string of the molecule is CCCCN.CCOC(=O)O. The van der Waals surface area contributed by atoms with E-state index in [-0.39, 0.29) is 6.61 Å².